The maximum absolute atomic E-state index is 5.65. The van der Waals surface area contributed by atoms with E-state index in [0.29, 0.717) is 5.92 Å². The SMILES string of the molecule is Nc1ccc(CCc2nc(C3CCC3)no2)cc1. The molecule has 2 N–H and O–H groups in total. The molecule has 0 aliphatic heterocycles. The second-order valence-electron chi connectivity index (χ2n) is 4.92. The van der Waals surface area contributed by atoms with Crippen molar-refractivity contribution in [2.24, 2.45) is 0 Å². The van der Waals surface area contributed by atoms with E-state index in [9.17, 15) is 0 Å². The summed E-state index contributed by atoms with van der Waals surface area (Å²) in [5.41, 5.74) is 7.69. The lowest BCUT2D eigenvalue weighted by molar-refractivity contribution is 0.347. The minimum absolute atomic E-state index is 0.541. The van der Waals surface area contributed by atoms with Gasteiger partial charge in [0.2, 0.25) is 5.89 Å². The fraction of sp³-hybridized carbons (Fsp3) is 0.429. The van der Waals surface area contributed by atoms with Crippen molar-refractivity contribution < 1.29 is 4.52 Å². The molecule has 1 saturated carbocycles. The number of nitrogens with zero attached hydrogens (tertiary/aromatic N) is 2. The maximum atomic E-state index is 5.65. The molecule has 0 unspecified atom stereocenters. The third-order valence-corrected chi connectivity index (χ3v) is 3.56. The van der Waals surface area contributed by atoms with Gasteiger partial charge in [-0.15, -0.1) is 0 Å². The van der Waals surface area contributed by atoms with Gasteiger partial charge in [0.1, 0.15) is 0 Å². The number of aromatic nitrogens is 2. The third kappa shape index (κ3) is 2.37. The molecule has 0 bridgehead atoms. The molecule has 1 fully saturated rings. The highest BCUT2D eigenvalue weighted by Gasteiger charge is 2.24. The summed E-state index contributed by atoms with van der Waals surface area (Å²) in [4.78, 5) is 4.46. The predicted molar refractivity (Wildman–Crippen MR) is 69.2 cm³/mol. The Morgan fingerprint density at radius 1 is 1.17 bits per heavy atom. The first-order valence-electron chi connectivity index (χ1n) is 6.48. The normalized spacial score (nSPS) is 15.6. The van der Waals surface area contributed by atoms with Crippen molar-refractivity contribution in [3.63, 3.8) is 0 Å². The van der Waals surface area contributed by atoms with E-state index in [-0.39, 0.29) is 0 Å². The fourth-order valence-corrected chi connectivity index (χ4v) is 2.14. The highest BCUT2D eigenvalue weighted by molar-refractivity contribution is 5.39. The average molecular weight is 243 g/mol. The predicted octanol–water partition coefficient (Wildman–Crippen LogP) is 2.70. The van der Waals surface area contributed by atoms with Crippen LogP contribution in [0.2, 0.25) is 0 Å². The van der Waals surface area contributed by atoms with Crippen molar-refractivity contribution in [3.05, 3.63) is 41.5 Å². The number of aryl methyl sites for hydroxylation is 2. The van der Waals surface area contributed by atoms with E-state index < -0.39 is 0 Å². The molecule has 2 aromatic rings. The van der Waals surface area contributed by atoms with Crippen molar-refractivity contribution >= 4 is 5.69 Å². The maximum Gasteiger partial charge on any atom is 0.226 e. The van der Waals surface area contributed by atoms with Gasteiger partial charge in [0.15, 0.2) is 5.82 Å². The van der Waals surface area contributed by atoms with Crippen LogP contribution in [0.1, 0.15) is 42.5 Å². The van der Waals surface area contributed by atoms with E-state index in [0.717, 1.165) is 30.2 Å². The minimum atomic E-state index is 0.541. The van der Waals surface area contributed by atoms with Crippen LogP contribution in [-0.4, -0.2) is 10.1 Å². The summed E-state index contributed by atoms with van der Waals surface area (Å²) in [6.07, 6.45) is 5.41. The summed E-state index contributed by atoms with van der Waals surface area (Å²) < 4.78 is 5.28. The van der Waals surface area contributed by atoms with E-state index in [1.807, 2.05) is 24.3 Å². The van der Waals surface area contributed by atoms with Crippen LogP contribution in [0.3, 0.4) is 0 Å². The van der Waals surface area contributed by atoms with Gasteiger partial charge in [-0.2, -0.15) is 4.98 Å². The summed E-state index contributed by atoms with van der Waals surface area (Å²) in [5, 5.41) is 4.06. The van der Waals surface area contributed by atoms with Crippen LogP contribution in [0.4, 0.5) is 5.69 Å². The summed E-state index contributed by atoms with van der Waals surface area (Å²) >= 11 is 0. The van der Waals surface area contributed by atoms with Crippen LogP contribution >= 0.6 is 0 Å². The number of hydrogen-bond donors (Lipinski definition) is 1. The van der Waals surface area contributed by atoms with Gasteiger partial charge < -0.3 is 10.3 Å². The Morgan fingerprint density at radius 2 is 1.94 bits per heavy atom. The van der Waals surface area contributed by atoms with Crippen molar-refractivity contribution in [1.82, 2.24) is 10.1 Å². The van der Waals surface area contributed by atoms with E-state index >= 15 is 0 Å². The van der Waals surface area contributed by atoms with E-state index in [1.54, 1.807) is 0 Å². The molecule has 4 heteroatoms. The first-order chi connectivity index (χ1) is 8.81. The largest absolute Gasteiger partial charge is 0.399 e. The highest BCUT2D eigenvalue weighted by atomic mass is 16.5. The van der Waals surface area contributed by atoms with Crippen LogP contribution in [0.15, 0.2) is 28.8 Å². The van der Waals surface area contributed by atoms with E-state index in [1.165, 1.54) is 24.8 Å². The van der Waals surface area contributed by atoms with Gasteiger partial charge in [0, 0.05) is 18.0 Å². The molecule has 1 aromatic heterocycles. The number of rotatable bonds is 4. The Kier molecular flexibility index (Phi) is 3.00. The molecule has 1 aliphatic rings. The van der Waals surface area contributed by atoms with Gasteiger partial charge in [-0.1, -0.05) is 23.7 Å². The molecule has 0 radical (unpaired) electrons. The lowest BCUT2D eigenvalue weighted by Crippen LogP contribution is -2.10. The van der Waals surface area contributed by atoms with E-state index in [4.69, 9.17) is 10.3 Å². The van der Waals surface area contributed by atoms with Crippen LogP contribution in [0.25, 0.3) is 0 Å². The van der Waals surface area contributed by atoms with Gasteiger partial charge in [-0.25, -0.2) is 0 Å². The lowest BCUT2D eigenvalue weighted by Gasteiger charge is -2.20. The van der Waals surface area contributed by atoms with Crippen molar-refractivity contribution in [1.29, 1.82) is 0 Å². The molecule has 0 saturated heterocycles. The number of hydrogen-bond acceptors (Lipinski definition) is 4. The topological polar surface area (TPSA) is 64.9 Å². The Balaban J connectivity index is 1.59. The van der Waals surface area contributed by atoms with Crippen molar-refractivity contribution in [2.75, 3.05) is 5.73 Å². The lowest BCUT2D eigenvalue weighted by atomic mass is 9.85. The molecule has 0 amide bonds. The Hall–Kier alpha value is -1.84. The summed E-state index contributed by atoms with van der Waals surface area (Å²) in [7, 11) is 0. The zero-order valence-electron chi connectivity index (χ0n) is 10.3. The van der Waals surface area contributed by atoms with Crippen LogP contribution < -0.4 is 5.73 Å². The smallest absolute Gasteiger partial charge is 0.226 e. The Bertz CT molecular complexity index is 514. The van der Waals surface area contributed by atoms with Gasteiger partial charge in [0.25, 0.3) is 0 Å². The molecule has 3 rings (SSSR count). The second-order valence-corrected chi connectivity index (χ2v) is 4.92. The van der Waals surface area contributed by atoms with Crippen LogP contribution in [0.5, 0.6) is 0 Å². The van der Waals surface area contributed by atoms with Gasteiger partial charge in [-0.3, -0.25) is 0 Å². The van der Waals surface area contributed by atoms with E-state index in [2.05, 4.69) is 10.1 Å². The summed E-state index contributed by atoms with van der Waals surface area (Å²) in [6.45, 7) is 0. The molecule has 1 aliphatic carbocycles. The van der Waals surface area contributed by atoms with Gasteiger partial charge in [0.05, 0.1) is 0 Å². The third-order valence-electron chi connectivity index (χ3n) is 3.56. The average Bonchev–Trinajstić information content (AvgIpc) is 2.75. The molecule has 4 nitrogen and oxygen atoms in total. The fourth-order valence-electron chi connectivity index (χ4n) is 2.14. The molecular formula is C14H17N3O. The first kappa shape index (κ1) is 11.3. The molecule has 0 atom stereocenters. The van der Waals surface area contributed by atoms with Crippen LogP contribution in [0, 0.1) is 0 Å². The number of benzene rings is 1. The Labute approximate surface area is 106 Å². The highest BCUT2D eigenvalue weighted by Crippen LogP contribution is 2.34. The first-order valence-corrected chi connectivity index (χ1v) is 6.48. The quantitative estimate of drug-likeness (QED) is 0.838. The molecule has 1 aromatic carbocycles. The monoisotopic (exact) mass is 243 g/mol. The second kappa shape index (κ2) is 4.80. The number of nitrogens with two attached hydrogens (primary N) is 1. The van der Waals surface area contributed by atoms with Gasteiger partial charge in [-0.05, 0) is 37.0 Å². The minimum Gasteiger partial charge on any atom is -0.399 e. The summed E-state index contributed by atoms with van der Waals surface area (Å²) in [5.74, 6) is 2.18. The zero-order chi connectivity index (χ0) is 12.4. The number of anilines is 1. The van der Waals surface area contributed by atoms with Gasteiger partial charge >= 0.3 is 0 Å². The molecule has 94 valence electrons. The number of nitrogen functional groups attached to an aromatic ring is 1. The molecular weight excluding hydrogens is 226 g/mol. The Morgan fingerprint density at radius 3 is 2.61 bits per heavy atom. The van der Waals surface area contributed by atoms with Crippen LogP contribution in [-0.2, 0) is 12.8 Å². The van der Waals surface area contributed by atoms with Crippen molar-refractivity contribution in [2.45, 2.75) is 38.0 Å². The van der Waals surface area contributed by atoms with Crippen molar-refractivity contribution in [3.8, 4) is 0 Å². The molecule has 18 heavy (non-hydrogen) atoms. The standard InChI is InChI=1S/C14H17N3O/c15-12-7-4-10(5-8-12)6-9-13-16-14(17-18-13)11-2-1-3-11/h4-5,7-8,11H,1-3,6,9,15H2. The molecule has 0 spiro atoms. The molecule has 1 heterocycles. The summed E-state index contributed by atoms with van der Waals surface area (Å²) in [6, 6.07) is 7.92. The zero-order valence-corrected chi connectivity index (χ0v) is 10.3.